The molecule has 0 saturated heterocycles. The summed E-state index contributed by atoms with van der Waals surface area (Å²) in [5, 5.41) is 7.14. The number of nitrogens with zero attached hydrogens (tertiary/aromatic N) is 2. The summed E-state index contributed by atoms with van der Waals surface area (Å²) >= 11 is 1.12. The van der Waals surface area contributed by atoms with E-state index in [4.69, 9.17) is 0 Å². The van der Waals surface area contributed by atoms with Gasteiger partial charge in [-0.25, -0.2) is 0 Å². The first-order valence-corrected chi connectivity index (χ1v) is 8.17. The topological polar surface area (TPSA) is 54.9 Å². The van der Waals surface area contributed by atoms with Gasteiger partial charge in [-0.2, -0.15) is 0 Å². The van der Waals surface area contributed by atoms with Crippen LogP contribution in [0.3, 0.4) is 0 Å². The number of carbonyl (C=O) groups excluding carboxylic acids is 1. The Morgan fingerprint density at radius 3 is 2.48 bits per heavy atom. The highest BCUT2D eigenvalue weighted by atomic mass is 32.1. The molecule has 5 heteroatoms. The SMILES string of the molecule is Cc1ccc(-c2nnsc2C(=O)NC(C)c2ccccc2)cc1. The quantitative estimate of drug-likeness (QED) is 0.789. The van der Waals surface area contributed by atoms with E-state index in [2.05, 4.69) is 14.9 Å². The Morgan fingerprint density at radius 1 is 1.09 bits per heavy atom. The second-order valence-electron chi connectivity index (χ2n) is 5.42. The molecule has 0 aliphatic rings. The number of amides is 1. The highest BCUT2D eigenvalue weighted by molar-refractivity contribution is 7.08. The van der Waals surface area contributed by atoms with Crippen LogP contribution in [0.15, 0.2) is 54.6 Å². The molecule has 1 atom stereocenters. The minimum Gasteiger partial charge on any atom is -0.345 e. The van der Waals surface area contributed by atoms with Crippen molar-refractivity contribution in [2.24, 2.45) is 0 Å². The van der Waals surface area contributed by atoms with E-state index in [1.54, 1.807) is 0 Å². The van der Waals surface area contributed by atoms with Crippen molar-refractivity contribution in [3.05, 3.63) is 70.6 Å². The van der Waals surface area contributed by atoms with Crippen molar-refractivity contribution < 1.29 is 4.79 Å². The van der Waals surface area contributed by atoms with Gasteiger partial charge in [-0.05, 0) is 30.9 Å². The zero-order valence-electron chi connectivity index (χ0n) is 13.0. The van der Waals surface area contributed by atoms with Gasteiger partial charge in [0.1, 0.15) is 10.6 Å². The molecular weight excluding hydrogens is 306 g/mol. The van der Waals surface area contributed by atoms with Crippen molar-refractivity contribution in [1.82, 2.24) is 14.9 Å². The fourth-order valence-corrected chi connectivity index (χ4v) is 2.92. The second-order valence-corrected chi connectivity index (χ2v) is 6.18. The van der Waals surface area contributed by atoms with E-state index in [9.17, 15) is 4.79 Å². The van der Waals surface area contributed by atoms with Gasteiger partial charge in [0.05, 0.1) is 6.04 Å². The van der Waals surface area contributed by atoms with Crippen LogP contribution in [0.25, 0.3) is 11.3 Å². The number of nitrogens with one attached hydrogen (secondary N) is 1. The van der Waals surface area contributed by atoms with Crippen molar-refractivity contribution >= 4 is 17.4 Å². The highest BCUT2D eigenvalue weighted by Crippen LogP contribution is 2.25. The van der Waals surface area contributed by atoms with Gasteiger partial charge >= 0.3 is 0 Å². The van der Waals surface area contributed by atoms with Gasteiger partial charge in [-0.15, -0.1) is 5.10 Å². The van der Waals surface area contributed by atoms with E-state index in [1.165, 1.54) is 5.56 Å². The average molecular weight is 323 g/mol. The Hall–Kier alpha value is -2.53. The van der Waals surface area contributed by atoms with Crippen LogP contribution >= 0.6 is 11.5 Å². The first-order chi connectivity index (χ1) is 11.1. The van der Waals surface area contributed by atoms with Crippen molar-refractivity contribution in [3.63, 3.8) is 0 Å². The van der Waals surface area contributed by atoms with Gasteiger partial charge in [-0.1, -0.05) is 64.6 Å². The summed E-state index contributed by atoms with van der Waals surface area (Å²) in [6.07, 6.45) is 0. The molecule has 0 aliphatic carbocycles. The molecule has 0 fully saturated rings. The molecule has 0 bridgehead atoms. The van der Waals surface area contributed by atoms with Crippen LogP contribution in [0.4, 0.5) is 0 Å². The van der Waals surface area contributed by atoms with Gasteiger partial charge in [0.2, 0.25) is 0 Å². The zero-order valence-corrected chi connectivity index (χ0v) is 13.8. The third-order valence-corrected chi connectivity index (χ3v) is 4.39. The maximum Gasteiger partial charge on any atom is 0.265 e. The lowest BCUT2D eigenvalue weighted by Gasteiger charge is -2.13. The molecule has 116 valence electrons. The Bertz CT molecular complexity index is 797. The smallest absolute Gasteiger partial charge is 0.265 e. The fraction of sp³-hybridized carbons (Fsp3) is 0.167. The summed E-state index contributed by atoms with van der Waals surface area (Å²) < 4.78 is 3.95. The van der Waals surface area contributed by atoms with E-state index >= 15 is 0 Å². The Morgan fingerprint density at radius 2 is 1.78 bits per heavy atom. The Kier molecular flexibility index (Phi) is 4.48. The van der Waals surface area contributed by atoms with Gasteiger partial charge in [0.25, 0.3) is 5.91 Å². The molecule has 3 rings (SSSR count). The fourth-order valence-electron chi connectivity index (χ4n) is 2.33. The maximum atomic E-state index is 12.6. The Labute approximate surface area is 139 Å². The lowest BCUT2D eigenvalue weighted by Crippen LogP contribution is -2.26. The molecule has 1 heterocycles. The summed E-state index contributed by atoms with van der Waals surface area (Å²) in [6, 6.07) is 17.7. The molecule has 3 aromatic rings. The molecule has 0 aliphatic heterocycles. The van der Waals surface area contributed by atoms with Gasteiger partial charge < -0.3 is 5.32 Å². The van der Waals surface area contributed by atoms with Crippen LogP contribution in [0, 0.1) is 6.92 Å². The minimum atomic E-state index is -0.146. The number of hydrogen-bond acceptors (Lipinski definition) is 4. The standard InChI is InChI=1S/C18H17N3OS/c1-12-8-10-15(11-9-12)16-17(23-21-20-16)18(22)19-13(2)14-6-4-3-5-7-14/h3-11,13H,1-2H3,(H,19,22). The van der Waals surface area contributed by atoms with Gasteiger partial charge in [0.15, 0.2) is 0 Å². The van der Waals surface area contributed by atoms with E-state index < -0.39 is 0 Å². The predicted octanol–water partition coefficient (Wildman–Crippen LogP) is 4.00. The van der Waals surface area contributed by atoms with E-state index in [1.807, 2.05) is 68.4 Å². The number of rotatable bonds is 4. The first kappa shape index (κ1) is 15.4. The molecule has 1 N–H and O–H groups in total. The number of carbonyl (C=O) groups is 1. The first-order valence-electron chi connectivity index (χ1n) is 7.40. The largest absolute Gasteiger partial charge is 0.345 e. The van der Waals surface area contributed by atoms with Crippen LogP contribution in [0.5, 0.6) is 0 Å². The van der Waals surface area contributed by atoms with Crippen LogP contribution in [0.1, 0.15) is 33.8 Å². The van der Waals surface area contributed by atoms with E-state index in [-0.39, 0.29) is 11.9 Å². The monoisotopic (exact) mass is 323 g/mol. The number of aryl methyl sites for hydroxylation is 1. The lowest BCUT2D eigenvalue weighted by molar-refractivity contribution is 0.0944. The highest BCUT2D eigenvalue weighted by Gasteiger charge is 2.19. The van der Waals surface area contributed by atoms with Gasteiger partial charge in [-0.3, -0.25) is 4.79 Å². The molecule has 1 unspecified atom stereocenters. The summed E-state index contributed by atoms with van der Waals surface area (Å²) in [6.45, 7) is 3.99. The van der Waals surface area contributed by atoms with Crippen LogP contribution in [-0.2, 0) is 0 Å². The molecule has 0 radical (unpaired) electrons. The van der Waals surface area contributed by atoms with Crippen molar-refractivity contribution in [1.29, 1.82) is 0 Å². The molecule has 1 aromatic heterocycles. The van der Waals surface area contributed by atoms with Crippen LogP contribution in [-0.4, -0.2) is 15.5 Å². The summed E-state index contributed by atoms with van der Waals surface area (Å²) in [5.41, 5.74) is 3.77. The van der Waals surface area contributed by atoms with Crippen molar-refractivity contribution in [2.45, 2.75) is 19.9 Å². The van der Waals surface area contributed by atoms with Crippen molar-refractivity contribution in [2.75, 3.05) is 0 Å². The average Bonchev–Trinajstić information content (AvgIpc) is 3.06. The number of benzene rings is 2. The minimum absolute atomic E-state index is 0.0725. The third kappa shape index (κ3) is 3.46. The molecule has 2 aromatic carbocycles. The molecule has 0 saturated carbocycles. The molecule has 4 nitrogen and oxygen atoms in total. The second kappa shape index (κ2) is 6.71. The van der Waals surface area contributed by atoms with Crippen LogP contribution in [0.2, 0.25) is 0 Å². The van der Waals surface area contributed by atoms with Crippen molar-refractivity contribution in [3.8, 4) is 11.3 Å². The normalized spacial score (nSPS) is 11.9. The van der Waals surface area contributed by atoms with E-state index in [0.29, 0.717) is 10.6 Å². The van der Waals surface area contributed by atoms with Gasteiger partial charge in [0, 0.05) is 5.56 Å². The molecular formula is C18H17N3OS. The van der Waals surface area contributed by atoms with E-state index in [0.717, 1.165) is 22.7 Å². The maximum absolute atomic E-state index is 12.6. The third-order valence-electron chi connectivity index (χ3n) is 3.67. The molecule has 0 spiro atoms. The molecule has 23 heavy (non-hydrogen) atoms. The number of hydrogen-bond donors (Lipinski definition) is 1. The molecule has 1 amide bonds. The lowest BCUT2D eigenvalue weighted by atomic mass is 10.1. The van der Waals surface area contributed by atoms with Crippen LogP contribution < -0.4 is 5.32 Å². The summed E-state index contributed by atoms with van der Waals surface area (Å²) in [7, 11) is 0. The summed E-state index contributed by atoms with van der Waals surface area (Å²) in [5.74, 6) is -0.146. The Balaban J connectivity index is 1.81. The summed E-state index contributed by atoms with van der Waals surface area (Å²) in [4.78, 5) is 13.1. The number of aromatic nitrogens is 2. The predicted molar refractivity (Wildman–Crippen MR) is 92.4 cm³/mol. The zero-order chi connectivity index (χ0) is 16.2.